The molecule has 1 aliphatic heterocycles. The molecular formula is C17H21KO5. The first-order valence-electron chi connectivity index (χ1n) is 7.33. The van der Waals surface area contributed by atoms with Crippen LogP contribution in [0.3, 0.4) is 0 Å². The summed E-state index contributed by atoms with van der Waals surface area (Å²) in [5.41, 5.74) is 1.14. The average molecular weight is 344 g/mol. The Morgan fingerprint density at radius 1 is 1.13 bits per heavy atom. The molecule has 4 N–H and O–H groups in total. The summed E-state index contributed by atoms with van der Waals surface area (Å²) in [4.78, 5) is 0. The first-order valence-corrected chi connectivity index (χ1v) is 7.33. The summed E-state index contributed by atoms with van der Waals surface area (Å²) in [5.74, 6) is 0. The topological polar surface area (TPSA) is 90.2 Å². The molecule has 0 bridgehead atoms. The van der Waals surface area contributed by atoms with E-state index in [-0.39, 0.29) is 65.8 Å². The minimum atomic E-state index is -1.72. The molecule has 2 aliphatic carbocycles. The van der Waals surface area contributed by atoms with Crippen molar-refractivity contribution in [3.63, 3.8) is 0 Å². The van der Waals surface area contributed by atoms with Crippen molar-refractivity contribution >= 4 is 0 Å². The van der Waals surface area contributed by atoms with Crippen LogP contribution < -0.4 is 51.4 Å². The van der Waals surface area contributed by atoms with E-state index in [1.54, 1.807) is 0 Å². The predicted octanol–water partition coefficient (Wildman–Crippen LogP) is -2.71. The Hall–Kier alpha value is 0.136. The van der Waals surface area contributed by atoms with Gasteiger partial charge in [-0.1, -0.05) is 42.5 Å². The molecule has 0 saturated carbocycles. The summed E-state index contributed by atoms with van der Waals surface area (Å²) in [7, 11) is 0. The molecule has 0 spiro atoms. The molecule has 4 atom stereocenters. The van der Waals surface area contributed by atoms with Gasteiger partial charge in [-0.25, -0.2) is 0 Å². The molecule has 120 valence electrons. The zero-order valence-electron chi connectivity index (χ0n) is 14.1. The van der Waals surface area contributed by atoms with Gasteiger partial charge < -0.3 is 26.6 Å². The summed E-state index contributed by atoms with van der Waals surface area (Å²) >= 11 is 0. The number of hydrogen-bond donors (Lipinski definition) is 4. The molecule has 0 radical (unpaired) electrons. The molecule has 3 rings (SSSR count). The van der Waals surface area contributed by atoms with Crippen molar-refractivity contribution in [3.8, 4) is 11.1 Å². The number of aliphatic hydroxyl groups is 4. The Balaban J connectivity index is 0.00000144. The Morgan fingerprint density at radius 3 is 2.30 bits per heavy atom. The molecule has 0 amide bonds. The van der Waals surface area contributed by atoms with Crippen LogP contribution >= 0.6 is 0 Å². The van der Waals surface area contributed by atoms with Crippen molar-refractivity contribution in [1.29, 1.82) is 0 Å². The van der Waals surface area contributed by atoms with Crippen LogP contribution in [0.4, 0.5) is 0 Å². The minimum Gasteiger partial charge on any atom is -1.00 e. The monoisotopic (exact) mass is 344 g/mol. The number of ether oxygens (including phenoxy) is 1. The molecule has 1 heterocycles. The van der Waals surface area contributed by atoms with Crippen LogP contribution in [0.15, 0.2) is 42.5 Å². The van der Waals surface area contributed by atoms with Crippen LogP contribution in [-0.2, 0) is 11.2 Å². The van der Waals surface area contributed by atoms with Crippen molar-refractivity contribution in [2.75, 3.05) is 13.2 Å². The fourth-order valence-corrected chi connectivity index (χ4v) is 3.11. The second-order valence-electron chi connectivity index (χ2n) is 5.87. The Morgan fingerprint density at radius 2 is 1.74 bits per heavy atom. The maximum Gasteiger partial charge on any atom is 1.00 e. The number of hydrogen-bond acceptors (Lipinski definition) is 5. The van der Waals surface area contributed by atoms with Crippen LogP contribution in [0, 0.1) is 0 Å². The van der Waals surface area contributed by atoms with Crippen LogP contribution in [0.2, 0.25) is 0 Å². The standard InChI is InChI=1S/C17H20O5.K.H/c18-9-15-17(21,16(20)14(19)10-22-15)8-11-6-12-4-2-1-3-5-13(12)7-11;;/h1-7,14-16,18-21H,8-10H2;;/q;+1;-1/t14?,15-,16-,17-;;/m1../s1. The molecule has 1 unspecified atom stereocenters. The second-order valence-corrected chi connectivity index (χ2v) is 5.87. The average Bonchev–Trinajstić information content (AvgIpc) is 2.73. The Bertz CT molecular complexity index is 593. The maximum absolute atomic E-state index is 10.8. The molecule has 0 aromatic rings. The SMILES string of the molecule is OC[C@H]1OCC(O)[C@@H](O)[C@@]1(O)Cc1cc2cccccc-2c1.[H-].[K+]. The van der Waals surface area contributed by atoms with E-state index < -0.39 is 30.5 Å². The van der Waals surface area contributed by atoms with Gasteiger partial charge in [0.25, 0.3) is 0 Å². The van der Waals surface area contributed by atoms with E-state index in [1.807, 2.05) is 42.5 Å². The molecule has 6 heteroatoms. The quantitative estimate of drug-likeness (QED) is 0.455. The van der Waals surface area contributed by atoms with E-state index in [1.165, 1.54) is 0 Å². The third-order valence-corrected chi connectivity index (χ3v) is 4.34. The molecule has 1 fully saturated rings. The summed E-state index contributed by atoms with van der Waals surface area (Å²) in [5, 5.41) is 40.2. The first-order chi connectivity index (χ1) is 10.5. The van der Waals surface area contributed by atoms with Crippen molar-refractivity contribution in [2.45, 2.75) is 30.3 Å². The van der Waals surface area contributed by atoms with Gasteiger partial charge in [0.05, 0.1) is 13.2 Å². The molecule has 0 aromatic carbocycles. The van der Waals surface area contributed by atoms with Crippen LogP contribution in [0.5, 0.6) is 0 Å². The van der Waals surface area contributed by atoms with Crippen molar-refractivity contribution in [1.82, 2.24) is 0 Å². The number of fused-ring (bicyclic) bond motifs is 1. The second kappa shape index (κ2) is 8.01. The summed E-state index contributed by atoms with van der Waals surface area (Å²) in [6.45, 7) is -0.525. The van der Waals surface area contributed by atoms with E-state index in [0.717, 1.165) is 16.7 Å². The third kappa shape index (κ3) is 3.87. The number of rotatable bonds is 3. The largest absolute Gasteiger partial charge is 1.00 e. The fourth-order valence-electron chi connectivity index (χ4n) is 3.11. The van der Waals surface area contributed by atoms with E-state index in [2.05, 4.69) is 0 Å². The van der Waals surface area contributed by atoms with Gasteiger partial charge in [-0.05, 0) is 16.7 Å². The van der Waals surface area contributed by atoms with Crippen LogP contribution in [0.1, 0.15) is 6.99 Å². The Kier molecular flexibility index (Phi) is 6.78. The predicted molar refractivity (Wildman–Crippen MR) is 81.7 cm³/mol. The molecule has 3 aliphatic rings. The summed E-state index contributed by atoms with van der Waals surface area (Å²) < 4.78 is 5.28. The van der Waals surface area contributed by atoms with Crippen molar-refractivity contribution in [3.05, 3.63) is 48.0 Å². The van der Waals surface area contributed by atoms with E-state index in [0.29, 0.717) is 0 Å². The van der Waals surface area contributed by atoms with E-state index in [9.17, 15) is 20.4 Å². The fraction of sp³-hybridized carbons (Fsp3) is 0.412. The van der Waals surface area contributed by atoms with Gasteiger partial charge in [0, 0.05) is 6.42 Å². The van der Waals surface area contributed by atoms with Crippen molar-refractivity contribution in [2.24, 2.45) is 0 Å². The molecular weight excluding hydrogens is 323 g/mol. The molecule has 0 aromatic heterocycles. The zero-order valence-corrected chi connectivity index (χ0v) is 16.2. The molecule has 1 saturated heterocycles. The minimum absolute atomic E-state index is 0. The van der Waals surface area contributed by atoms with Gasteiger partial charge in [0.15, 0.2) is 0 Å². The first kappa shape index (κ1) is 19.5. The zero-order chi connectivity index (χ0) is 15.7. The van der Waals surface area contributed by atoms with Gasteiger partial charge in [-0.15, -0.1) is 0 Å². The van der Waals surface area contributed by atoms with Crippen LogP contribution in [0.25, 0.3) is 11.1 Å². The maximum atomic E-state index is 10.8. The van der Waals surface area contributed by atoms with E-state index in [4.69, 9.17) is 4.74 Å². The van der Waals surface area contributed by atoms with Gasteiger partial charge >= 0.3 is 51.4 Å². The van der Waals surface area contributed by atoms with Gasteiger partial charge in [0.1, 0.15) is 23.9 Å². The summed E-state index contributed by atoms with van der Waals surface area (Å²) in [6.07, 6.45) is -3.38. The molecule has 23 heavy (non-hydrogen) atoms. The van der Waals surface area contributed by atoms with Crippen LogP contribution in [-0.4, -0.2) is 57.6 Å². The number of aliphatic hydroxyl groups excluding tert-OH is 3. The Labute approximate surface area is 179 Å². The summed E-state index contributed by atoms with van der Waals surface area (Å²) in [6, 6.07) is 13.6. The van der Waals surface area contributed by atoms with Crippen molar-refractivity contribution < 1.29 is 78.0 Å². The smallest absolute Gasteiger partial charge is 1.00 e. The molecule has 5 nitrogen and oxygen atoms in total. The third-order valence-electron chi connectivity index (χ3n) is 4.34. The van der Waals surface area contributed by atoms with Gasteiger partial charge in [-0.2, -0.15) is 0 Å². The van der Waals surface area contributed by atoms with E-state index >= 15 is 0 Å². The van der Waals surface area contributed by atoms with Gasteiger partial charge in [0.2, 0.25) is 0 Å². The van der Waals surface area contributed by atoms with Gasteiger partial charge in [-0.3, -0.25) is 0 Å². The normalized spacial score (nSPS) is 30.9.